The lowest BCUT2D eigenvalue weighted by molar-refractivity contribution is -0.124. The van der Waals surface area contributed by atoms with Gasteiger partial charge in [0.15, 0.2) is 0 Å². The first-order valence-electron chi connectivity index (χ1n) is 9.23. The number of nitrogens with zero attached hydrogens (tertiary/aromatic N) is 2. The normalized spacial score (nSPS) is 14.0. The van der Waals surface area contributed by atoms with Crippen LogP contribution >= 0.6 is 0 Å². The van der Waals surface area contributed by atoms with E-state index in [1.54, 1.807) is 60.5 Å². The number of carbonyl (C=O) groups excluding carboxylic acids is 3. The molecule has 0 radical (unpaired) electrons. The minimum atomic E-state index is -0.670. The molecule has 30 heavy (non-hydrogen) atoms. The van der Waals surface area contributed by atoms with Crippen molar-refractivity contribution in [1.29, 1.82) is 0 Å². The largest absolute Gasteiger partial charge is 0.497 e. The SMILES string of the molecule is COc1ccc(NC(=O)N2CCN(c3ccccc3C=CC(=O)NO)C(=O)C2)cc1. The lowest BCUT2D eigenvalue weighted by Crippen LogP contribution is -2.53. The van der Waals surface area contributed by atoms with Crippen molar-refractivity contribution in [3.8, 4) is 5.75 Å². The number of para-hydroxylation sites is 1. The Hall–Kier alpha value is -3.85. The van der Waals surface area contributed by atoms with E-state index in [-0.39, 0.29) is 18.5 Å². The fraction of sp³-hybridized carbons (Fsp3) is 0.190. The Kier molecular flexibility index (Phi) is 6.66. The molecule has 0 unspecified atom stereocenters. The van der Waals surface area contributed by atoms with Gasteiger partial charge in [-0.1, -0.05) is 18.2 Å². The van der Waals surface area contributed by atoms with E-state index in [1.165, 1.54) is 22.5 Å². The van der Waals surface area contributed by atoms with Gasteiger partial charge in [0.1, 0.15) is 12.3 Å². The zero-order valence-corrected chi connectivity index (χ0v) is 16.4. The summed E-state index contributed by atoms with van der Waals surface area (Å²) >= 11 is 0. The van der Waals surface area contributed by atoms with Gasteiger partial charge in [0.05, 0.1) is 12.8 Å². The van der Waals surface area contributed by atoms with Crippen molar-refractivity contribution >= 4 is 35.3 Å². The van der Waals surface area contributed by atoms with E-state index in [4.69, 9.17) is 9.94 Å². The Morgan fingerprint density at radius 3 is 2.50 bits per heavy atom. The average molecular weight is 410 g/mol. The first-order chi connectivity index (χ1) is 14.5. The van der Waals surface area contributed by atoms with E-state index in [2.05, 4.69) is 5.32 Å². The molecule has 156 valence electrons. The number of hydrogen-bond donors (Lipinski definition) is 3. The van der Waals surface area contributed by atoms with E-state index in [0.717, 1.165) is 0 Å². The number of benzene rings is 2. The number of urea groups is 1. The van der Waals surface area contributed by atoms with Crippen molar-refractivity contribution in [3.63, 3.8) is 0 Å². The summed E-state index contributed by atoms with van der Waals surface area (Å²) in [6.07, 6.45) is 2.68. The number of methoxy groups -OCH3 is 1. The molecule has 9 heteroatoms. The van der Waals surface area contributed by atoms with Gasteiger partial charge in [0.25, 0.3) is 5.91 Å². The summed E-state index contributed by atoms with van der Waals surface area (Å²) in [5.74, 6) is -0.226. The van der Waals surface area contributed by atoms with Crippen molar-refractivity contribution in [1.82, 2.24) is 10.4 Å². The highest BCUT2D eigenvalue weighted by Crippen LogP contribution is 2.24. The topological polar surface area (TPSA) is 111 Å². The van der Waals surface area contributed by atoms with E-state index in [0.29, 0.717) is 35.8 Å². The first-order valence-corrected chi connectivity index (χ1v) is 9.23. The maximum Gasteiger partial charge on any atom is 0.322 e. The summed E-state index contributed by atoms with van der Waals surface area (Å²) in [5.41, 5.74) is 3.40. The number of nitrogens with one attached hydrogen (secondary N) is 2. The molecule has 0 bridgehead atoms. The second-order valence-electron chi connectivity index (χ2n) is 6.49. The molecule has 0 aliphatic carbocycles. The molecule has 1 saturated heterocycles. The molecule has 1 heterocycles. The van der Waals surface area contributed by atoms with Crippen molar-refractivity contribution in [2.24, 2.45) is 0 Å². The van der Waals surface area contributed by atoms with Crippen LogP contribution in [-0.4, -0.2) is 54.7 Å². The molecule has 3 rings (SSSR count). The summed E-state index contributed by atoms with van der Waals surface area (Å²) in [4.78, 5) is 39.5. The van der Waals surface area contributed by atoms with Crippen LogP contribution in [0, 0.1) is 0 Å². The van der Waals surface area contributed by atoms with Gasteiger partial charge in [-0.3, -0.25) is 14.8 Å². The molecule has 0 spiro atoms. The summed E-state index contributed by atoms with van der Waals surface area (Å²) in [6, 6.07) is 13.6. The third-order valence-corrected chi connectivity index (χ3v) is 4.60. The average Bonchev–Trinajstić information content (AvgIpc) is 2.78. The molecule has 2 aromatic rings. The number of hydrogen-bond acceptors (Lipinski definition) is 5. The van der Waals surface area contributed by atoms with Gasteiger partial charge in [0.2, 0.25) is 5.91 Å². The van der Waals surface area contributed by atoms with Crippen LogP contribution in [-0.2, 0) is 9.59 Å². The highest BCUT2D eigenvalue weighted by molar-refractivity contribution is 6.01. The Labute approximate surface area is 173 Å². The quantitative estimate of drug-likeness (QED) is 0.397. The fourth-order valence-corrected chi connectivity index (χ4v) is 3.06. The maximum atomic E-state index is 12.7. The number of amides is 4. The number of anilines is 2. The van der Waals surface area contributed by atoms with Crippen LogP contribution in [0.1, 0.15) is 5.56 Å². The summed E-state index contributed by atoms with van der Waals surface area (Å²) in [7, 11) is 1.56. The van der Waals surface area contributed by atoms with Crippen LogP contribution in [0.5, 0.6) is 5.75 Å². The maximum absolute atomic E-state index is 12.7. The molecule has 3 N–H and O–H groups in total. The van der Waals surface area contributed by atoms with Crippen LogP contribution in [0.25, 0.3) is 6.08 Å². The Balaban J connectivity index is 1.66. The van der Waals surface area contributed by atoms with Gasteiger partial charge in [-0.2, -0.15) is 0 Å². The second-order valence-corrected chi connectivity index (χ2v) is 6.49. The fourth-order valence-electron chi connectivity index (χ4n) is 3.06. The summed E-state index contributed by atoms with van der Waals surface area (Å²) in [6.45, 7) is 0.589. The molecule has 1 aliphatic rings. The molecule has 0 aromatic heterocycles. The van der Waals surface area contributed by atoms with Crippen molar-refractivity contribution in [3.05, 3.63) is 60.2 Å². The second kappa shape index (κ2) is 9.57. The van der Waals surface area contributed by atoms with Gasteiger partial charge in [-0.05, 0) is 42.0 Å². The number of piperazine rings is 1. The van der Waals surface area contributed by atoms with Crippen molar-refractivity contribution in [2.75, 3.05) is 37.0 Å². The van der Waals surface area contributed by atoms with Gasteiger partial charge < -0.3 is 19.9 Å². The molecule has 9 nitrogen and oxygen atoms in total. The molecule has 4 amide bonds. The lowest BCUT2D eigenvalue weighted by Gasteiger charge is -2.35. The van der Waals surface area contributed by atoms with Crippen LogP contribution in [0.4, 0.5) is 16.2 Å². The van der Waals surface area contributed by atoms with E-state index in [1.807, 2.05) is 0 Å². The first kappa shape index (κ1) is 20.9. The molecule has 1 aliphatic heterocycles. The number of ether oxygens (including phenoxy) is 1. The Morgan fingerprint density at radius 2 is 1.83 bits per heavy atom. The third-order valence-electron chi connectivity index (χ3n) is 4.60. The van der Waals surface area contributed by atoms with Crippen LogP contribution in [0.3, 0.4) is 0 Å². The molecule has 0 saturated carbocycles. The monoisotopic (exact) mass is 410 g/mol. The number of hydroxylamine groups is 1. The summed E-state index contributed by atoms with van der Waals surface area (Å²) in [5, 5.41) is 11.4. The molecular weight excluding hydrogens is 388 g/mol. The number of carbonyl (C=O) groups is 3. The van der Waals surface area contributed by atoms with Crippen LogP contribution < -0.4 is 20.4 Å². The molecular formula is C21H22N4O5. The van der Waals surface area contributed by atoms with Gasteiger partial charge in [-0.15, -0.1) is 0 Å². The third kappa shape index (κ3) is 4.95. The van der Waals surface area contributed by atoms with Gasteiger partial charge >= 0.3 is 6.03 Å². The summed E-state index contributed by atoms with van der Waals surface area (Å²) < 4.78 is 5.09. The standard InChI is InChI=1S/C21H22N4O5/c1-30-17-9-7-16(8-10-17)22-21(28)24-12-13-25(20(27)14-24)18-5-3-2-4-15(18)6-11-19(26)23-29/h2-11,29H,12-14H2,1H3,(H,22,28)(H,23,26). The van der Waals surface area contributed by atoms with Crippen molar-refractivity contribution < 1.29 is 24.3 Å². The van der Waals surface area contributed by atoms with Crippen LogP contribution in [0.15, 0.2) is 54.6 Å². The number of rotatable bonds is 5. The minimum absolute atomic E-state index is 0.0723. The predicted molar refractivity (Wildman–Crippen MR) is 111 cm³/mol. The van der Waals surface area contributed by atoms with E-state index < -0.39 is 5.91 Å². The Bertz CT molecular complexity index is 958. The molecule has 2 aromatic carbocycles. The highest BCUT2D eigenvalue weighted by Gasteiger charge is 2.29. The van der Waals surface area contributed by atoms with Crippen LogP contribution in [0.2, 0.25) is 0 Å². The smallest absolute Gasteiger partial charge is 0.322 e. The van der Waals surface area contributed by atoms with Crippen molar-refractivity contribution in [2.45, 2.75) is 0 Å². The minimum Gasteiger partial charge on any atom is -0.497 e. The van der Waals surface area contributed by atoms with E-state index in [9.17, 15) is 14.4 Å². The lowest BCUT2D eigenvalue weighted by atomic mass is 10.1. The van der Waals surface area contributed by atoms with Gasteiger partial charge in [-0.25, -0.2) is 10.3 Å². The highest BCUT2D eigenvalue weighted by atomic mass is 16.5. The zero-order valence-electron chi connectivity index (χ0n) is 16.4. The van der Waals surface area contributed by atoms with Gasteiger partial charge in [0, 0.05) is 24.9 Å². The molecule has 1 fully saturated rings. The predicted octanol–water partition coefficient (Wildman–Crippen LogP) is 2.09. The molecule has 0 atom stereocenters. The van der Waals surface area contributed by atoms with E-state index >= 15 is 0 Å². The zero-order chi connectivity index (χ0) is 21.5. The Morgan fingerprint density at radius 1 is 1.10 bits per heavy atom.